The lowest BCUT2D eigenvalue weighted by molar-refractivity contribution is 0.480. The molecule has 0 N–H and O–H groups in total. The number of rotatable bonds is 1. The molecule has 8 rings (SSSR count). The minimum absolute atomic E-state index is 0.156. The van der Waals surface area contributed by atoms with Crippen molar-refractivity contribution in [3.05, 3.63) is 138 Å². The van der Waals surface area contributed by atoms with Gasteiger partial charge < -0.3 is 4.74 Å². The molecule has 0 saturated carbocycles. The van der Waals surface area contributed by atoms with E-state index in [-0.39, 0.29) is 5.41 Å². The molecule has 0 atom stereocenters. The molecule has 0 amide bonds. The first kappa shape index (κ1) is 21.4. The van der Waals surface area contributed by atoms with Gasteiger partial charge in [0.25, 0.3) is 0 Å². The highest BCUT2D eigenvalue weighted by atomic mass is 16.5. The smallest absolute Gasteiger partial charge is 0.135 e. The molecule has 1 aliphatic carbocycles. The Morgan fingerprint density at radius 3 is 2.11 bits per heavy atom. The van der Waals surface area contributed by atoms with Gasteiger partial charge in [-0.15, -0.1) is 0 Å². The molecule has 0 bridgehead atoms. The van der Waals surface area contributed by atoms with Crippen molar-refractivity contribution in [3.63, 3.8) is 0 Å². The van der Waals surface area contributed by atoms with E-state index >= 15 is 0 Å². The van der Waals surface area contributed by atoms with E-state index in [1.165, 1.54) is 33.0 Å². The summed E-state index contributed by atoms with van der Waals surface area (Å²) in [7, 11) is 0. The summed E-state index contributed by atoms with van der Waals surface area (Å²) < 4.78 is 6.63. The second-order valence-electron chi connectivity index (χ2n) is 10.8. The summed E-state index contributed by atoms with van der Waals surface area (Å²) >= 11 is 0. The predicted molar refractivity (Wildman–Crippen MR) is 157 cm³/mol. The number of pyridine rings is 1. The highest BCUT2D eigenvalue weighted by molar-refractivity contribution is 6.12. The van der Waals surface area contributed by atoms with E-state index in [4.69, 9.17) is 9.72 Å². The summed E-state index contributed by atoms with van der Waals surface area (Å²) in [5.41, 5.74) is 10.4. The van der Waals surface area contributed by atoms with E-state index < -0.39 is 0 Å². The van der Waals surface area contributed by atoms with Crippen LogP contribution in [0.3, 0.4) is 0 Å². The van der Waals surface area contributed by atoms with Crippen LogP contribution in [0.1, 0.15) is 36.1 Å². The molecule has 0 spiro atoms. The van der Waals surface area contributed by atoms with Gasteiger partial charge in [-0.3, -0.25) is 0 Å². The molecule has 1 aromatic heterocycles. The number of para-hydroxylation sites is 2. The largest absolute Gasteiger partial charge is 0.456 e. The van der Waals surface area contributed by atoms with Crippen molar-refractivity contribution in [3.8, 4) is 22.8 Å². The number of hydrogen-bond donors (Lipinski definition) is 0. The first-order chi connectivity index (χ1) is 18.6. The maximum atomic E-state index is 6.63. The van der Waals surface area contributed by atoms with Gasteiger partial charge in [-0.05, 0) is 58.0 Å². The van der Waals surface area contributed by atoms with Crippen LogP contribution >= 0.6 is 0 Å². The lowest BCUT2D eigenvalue weighted by atomic mass is 9.78. The van der Waals surface area contributed by atoms with E-state index in [0.717, 1.165) is 44.8 Å². The lowest BCUT2D eigenvalue weighted by Gasteiger charge is -2.25. The van der Waals surface area contributed by atoms with Crippen LogP contribution in [0.25, 0.3) is 44.1 Å². The Morgan fingerprint density at radius 2 is 1.24 bits per heavy atom. The SMILES string of the molecule is CC1(C)C2=C(c3cc(-c4nc5ccccc5c5ccccc45)ccc3Oc3ccccc32)c2ccccc21. The van der Waals surface area contributed by atoms with Gasteiger partial charge in [-0.1, -0.05) is 98.8 Å². The summed E-state index contributed by atoms with van der Waals surface area (Å²) in [4.78, 5) is 5.19. The third kappa shape index (κ3) is 2.86. The Balaban J connectivity index is 1.46. The van der Waals surface area contributed by atoms with Crippen LogP contribution in [-0.2, 0) is 5.41 Å². The Hall–Kier alpha value is -4.69. The molecule has 180 valence electrons. The van der Waals surface area contributed by atoms with E-state index in [1.54, 1.807) is 0 Å². The molecular weight excluding hydrogens is 462 g/mol. The third-order valence-electron chi connectivity index (χ3n) is 8.25. The summed E-state index contributed by atoms with van der Waals surface area (Å²) in [6, 6.07) is 40.8. The van der Waals surface area contributed by atoms with Crippen molar-refractivity contribution in [2.45, 2.75) is 19.3 Å². The lowest BCUT2D eigenvalue weighted by Crippen LogP contribution is -2.16. The molecule has 0 fully saturated rings. The monoisotopic (exact) mass is 487 g/mol. The number of benzene rings is 5. The first-order valence-corrected chi connectivity index (χ1v) is 13.2. The molecule has 38 heavy (non-hydrogen) atoms. The molecule has 0 radical (unpaired) electrons. The van der Waals surface area contributed by atoms with Crippen molar-refractivity contribution >= 4 is 32.8 Å². The molecular formula is C36H25NO. The van der Waals surface area contributed by atoms with Crippen LogP contribution in [0.2, 0.25) is 0 Å². The molecule has 2 heteroatoms. The van der Waals surface area contributed by atoms with E-state index in [2.05, 4.69) is 129 Å². The fraction of sp³-hybridized carbons (Fsp3) is 0.0833. The predicted octanol–water partition coefficient (Wildman–Crippen LogP) is 9.41. The Kier molecular flexibility index (Phi) is 4.31. The van der Waals surface area contributed by atoms with Crippen LogP contribution in [0, 0.1) is 0 Å². The van der Waals surface area contributed by atoms with Crippen molar-refractivity contribution in [1.82, 2.24) is 4.98 Å². The minimum Gasteiger partial charge on any atom is -0.456 e. The Labute approximate surface area is 221 Å². The number of ether oxygens (including phenoxy) is 1. The van der Waals surface area contributed by atoms with Gasteiger partial charge >= 0.3 is 0 Å². The summed E-state index contributed by atoms with van der Waals surface area (Å²) in [6.07, 6.45) is 0. The van der Waals surface area contributed by atoms with Crippen LogP contribution in [0.15, 0.2) is 115 Å². The zero-order chi connectivity index (χ0) is 25.4. The second-order valence-corrected chi connectivity index (χ2v) is 10.8. The Morgan fingerprint density at radius 1 is 0.579 bits per heavy atom. The molecule has 0 unspecified atom stereocenters. The normalized spacial score (nSPS) is 14.9. The summed E-state index contributed by atoms with van der Waals surface area (Å²) in [5, 5.41) is 3.56. The second kappa shape index (κ2) is 7.66. The van der Waals surface area contributed by atoms with Gasteiger partial charge in [0.05, 0.1) is 11.2 Å². The zero-order valence-electron chi connectivity index (χ0n) is 21.3. The number of hydrogen-bond acceptors (Lipinski definition) is 2. The standard InChI is InChI=1S/C36H25NO/c1-36(2)29-16-8-5-14-26(29)33-28-21-22(19-20-32(28)38-31-18-10-7-15-27(31)34(33)36)35-25-13-4-3-11-23(25)24-12-6-9-17-30(24)37-35/h3-21H,1-2H3. The highest BCUT2D eigenvalue weighted by Gasteiger charge is 2.41. The third-order valence-corrected chi connectivity index (χ3v) is 8.25. The number of allylic oxidation sites excluding steroid dienone is 1. The topological polar surface area (TPSA) is 22.1 Å². The van der Waals surface area contributed by atoms with Crippen LogP contribution < -0.4 is 4.74 Å². The van der Waals surface area contributed by atoms with E-state index in [9.17, 15) is 0 Å². The highest BCUT2D eigenvalue weighted by Crippen LogP contribution is 2.58. The molecule has 2 heterocycles. The minimum atomic E-state index is -0.156. The van der Waals surface area contributed by atoms with Crippen molar-refractivity contribution in [2.75, 3.05) is 0 Å². The van der Waals surface area contributed by atoms with Gasteiger partial charge in [0, 0.05) is 32.9 Å². The molecule has 2 aliphatic rings. The number of aromatic nitrogens is 1. The summed E-state index contributed by atoms with van der Waals surface area (Å²) in [6.45, 7) is 4.66. The van der Waals surface area contributed by atoms with Gasteiger partial charge in [0.1, 0.15) is 11.5 Å². The van der Waals surface area contributed by atoms with Crippen molar-refractivity contribution in [2.24, 2.45) is 0 Å². The Bertz CT molecular complexity index is 1980. The van der Waals surface area contributed by atoms with E-state index in [1.807, 2.05) is 0 Å². The zero-order valence-corrected chi connectivity index (χ0v) is 21.3. The number of fused-ring (bicyclic) bond motifs is 9. The van der Waals surface area contributed by atoms with Crippen molar-refractivity contribution < 1.29 is 4.74 Å². The van der Waals surface area contributed by atoms with Crippen molar-refractivity contribution in [1.29, 1.82) is 0 Å². The molecule has 2 nitrogen and oxygen atoms in total. The van der Waals surface area contributed by atoms with Gasteiger partial charge in [-0.25, -0.2) is 4.98 Å². The quantitative estimate of drug-likeness (QED) is 0.216. The van der Waals surface area contributed by atoms with Crippen LogP contribution in [0.5, 0.6) is 11.5 Å². The van der Waals surface area contributed by atoms with Gasteiger partial charge in [-0.2, -0.15) is 0 Å². The maximum absolute atomic E-state index is 6.63. The molecule has 1 aliphatic heterocycles. The average molecular weight is 488 g/mol. The van der Waals surface area contributed by atoms with Gasteiger partial charge in [0.2, 0.25) is 0 Å². The molecule has 0 saturated heterocycles. The average Bonchev–Trinajstić information content (AvgIpc) is 3.09. The maximum Gasteiger partial charge on any atom is 0.135 e. The summed E-state index contributed by atoms with van der Waals surface area (Å²) in [5.74, 6) is 1.78. The first-order valence-electron chi connectivity index (χ1n) is 13.2. The van der Waals surface area contributed by atoms with Gasteiger partial charge in [0.15, 0.2) is 0 Å². The fourth-order valence-electron chi connectivity index (χ4n) is 6.55. The van der Waals surface area contributed by atoms with Crippen LogP contribution in [0.4, 0.5) is 0 Å². The fourth-order valence-corrected chi connectivity index (χ4v) is 6.55. The van der Waals surface area contributed by atoms with Crippen LogP contribution in [-0.4, -0.2) is 4.98 Å². The molecule has 6 aromatic rings. The van der Waals surface area contributed by atoms with E-state index in [0.29, 0.717) is 0 Å². The molecule has 5 aromatic carbocycles. The number of nitrogens with zero attached hydrogens (tertiary/aromatic N) is 1.